The van der Waals surface area contributed by atoms with Crippen LogP contribution in [0.1, 0.15) is 30.5 Å². The van der Waals surface area contributed by atoms with E-state index in [1.54, 1.807) is 12.1 Å². The highest BCUT2D eigenvalue weighted by atomic mass is 35.5. The number of pyridine rings is 2. The summed E-state index contributed by atoms with van der Waals surface area (Å²) < 4.78 is 14.5. The molecule has 3 aliphatic rings. The van der Waals surface area contributed by atoms with E-state index >= 15 is 0 Å². The van der Waals surface area contributed by atoms with Crippen molar-refractivity contribution in [1.29, 1.82) is 0 Å². The number of allylic oxidation sites excluding steroid dienone is 1. The average molecular weight is 462 g/mol. The third-order valence-electron chi connectivity index (χ3n) is 6.92. The highest BCUT2D eigenvalue weighted by molar-refractivity contribution is 6.35. The second-order valence-electron chi connectivity index (χ2n) is 9.01. The molecule has 0 radical (unpaired) electrons. The lowest BCUT2D eigenvalue weighted by molar-refractivity contribution is 0.139. The fourth-order valence-corrected chi connectivity index (χ4v) is 5.22. The van der Waals surface area contributed by atoms with E-state index in [1.807, 2.05) is 24.4 Å². The zero-order valence-corrected chi connectivity index (χ0v) is 19.1. The maximum Gasteiger partial charge on any atom is 0.132 e. The van der Waals surface area contributed by atoms with Gasteiger partial charge in [-0.15, -0.1) is 0 Å². The Hall–Kier alpha value is -2.83. The molecule has 2 saturated heterocycles. The number of aromatic nitrogens is 2. The highest BCUT2D eigenvalue weighted by Crippen LogP contribution is 2.30. The number of hydrogen-bond acceptors (Lipinski definition) is 5. The fraction of sp³-hybridized carbons (Fsp3) is 0.346. The van der Waals surface area contributed by atoms with E-state index in [0.29, 0.717) is 28.9 Å². The number of aliphatic imine (C=N–C) groups is 1. The zero-order valence-electron chi connectivity index (χ0n) is 18.3. The molecule has 33 heavy (non-hydrogen) atoms. The number of nitrogens with zero attached hydrogens (tertiary/aromatic N) is 5. The minimum Gasteiger partial charge on any atom is -0.367 e. The smallest absolute Gasteiger partial charge is 0.132 e. The van der Waals surface area contributed by atoms with Gasteiger partial charge >= 0.3 is 0 Å². The lowest BCUT2D eigenvalue weighted by atomic mass is 9.99. The molecule has 0 aliphatic carbocycles. The summed E-state index contributed by atoms with van der Waals surface area (Å²) in [7, 11) is 0. The van der Waals surface area contributed by atoms with Crippen LogP contribution in [0, 0.1) is 5.82 Å². The Morgan fingerprint density at radius 2 is 1.82 bits per heavy atom. The summed E-state index contributed by atoms with van der Waals surface area (Å²) in [4.78, 5) is 19.1. The first-order chi connectivity index (χ1) is 16.2. The molecule has 168 valence electrons. The van der Waals surface area contributed by atoms with Crippen molar-refractivity contribution < 1.29 is 4.39 Å². The third kappa shape index (κ3) is 3.91. The Morgan fingerprint density at radius 3 is 2.67 bits per heavy atom. The molecule has 0 amide bonds. The molecule has 2 fully saturated rings. The van der Waals surface area contributed by atoms with Crippen LogP contribution in [0.5, 0.6) is 0 Å². The zero-order chi connectivity index (χ0) is 22.4. The van der Waals surface area contributed by atoms with Gasteiger partial charge in [-0.2, -0.15) is 0 Å². The first-order valence-corrected chi connectivity index (χ1v) is 12.0. The second kappa shape index (κ2) is 8.50. The van der Waals surface area contributed by atoms with Gasteiger partial charge in [0.25, 0.3) is 0 Å². The van der Waals surface area contributed by atoms with Crippen molar-refractivity contribution in [3.63, 3.8) is 0 Å². The molecule has 0 N–H and O–H groups in total. The van der Waals surface area contributed by atoms with E-state index in [0.717, 1.165) is 41.1 Å². The van der Waals surface area contributed by atoms with Gasteiger partial charge in [0.2, 0.25) is 0 Å². The lowest BCUT2D eigenvalue weighted by Gasteiger charge is -2.47. The van der Waals surface area contributed by atoms with E-state index in [9.17, 15) is 4.39 Å². The number of fused-ring (bicyclic) bond motifs is 1. The summed E-state index contributed by atoms with van der Waals surface area (Å²) in [6.07, 6.45) is 7.93. The van der Waals surface area contributed by atoms with Crippen molar-refractivity contribution in [2.75, 3.05) is 37.6 Å². The molecule has 3 aromatic rings. The Balaban J connectivity index is 1.25. The van der Waals surface area contributed by atoms with Crippen LogP contribution in [0.2, 0.25) is 5.02 Å². The van der Waals surface area contributed by atoms with Gasteiger partial charge in [-0.05, 0) is 62.3 Å². The molecular formula is C26H25ClFN5. The highest BCUT2D eigenvalue weighted by Gasteiger charge is 2.32. The summed E-state index contributed by atoms with van der Waals surface area (Å²) in [5.74, 6) is -0.336. The van der Waals surface area contributed by atoms with Crippen LogP contribution in [-0.4, -0.2) is 59.3 Å². The fourth-order valence-electron chi connectivity index (χ4n) is 5.04. The Labute approximate surface area is 197 Å². The number of anilines is 1. The molecule has 0 unspecified atom stereocenters. The summed E-state index contributed by atoms with van der Waals surface area (Å²) >= 11 is 6.12. The number of piperidine rings is 1. The van der Waals surface area contributed by atoms with Gasteiger partial charge in [0.15, 0.2) is 0 Å². The molecule has 6 rings (SSSR count). The predicted molar refractivity (Wildman–Crippen MR) is 132 cm³/mol. The Morgan fingerprint density at radius 1 is 0.970 bits per heavy atom. The molecule has 7 heteroatoms. The average Bonchev–Trinajstić information content (AvgIpc) is 3.30. The van der Waals surface area contributed by atoms with Crippen LogP contribution < -0.4 is 4.90 Å². The molecule has 0 spiro atoms. The quantitative estimate of drug-likeness (QED) is 0.549. The summed E-state index contributed by atoms with van der Waals surface area (Å²) in [6.45, 7) is 5.04. The molecule has 5 nitrogen and oxygen atoms in total. The summed E-state index contributed by atoms with van der Waals surface area (Å²) in [5.41, 5.74) is 5.40. The second-order valence-corrected chi connectivity index (χ2v) is 9.45. The molecule has 1 aromatic carbocycles. The maximum atomic E-state index is 14.5. The van der Waals surface area contributed by atoms with E-state index in [1.165, 1.54) is 38.4 Å². The van der Waals surface area contributed by atoms with Gasteiger partial charge in [-0.25, -0.2) is 9.37 Å². The molecule has 0 bridgehead atoms. The van der Waals surface area contributed by atoms with Gasteiger partial charge in [-0.1, -0.05) is 24.1 Å². The van der Waals surface area contributed by atoms with E-state index in [4.69, 9.17) is 16.6 Å². The van der Waals surface area contributed by atoms with Crippen molar-refractivity contribution >= 4 is 39.6 Å². The molecular weight excluding hydrogens is 437 g/mol. The molecule has 3 aliphatic heterocycles. The van der Waals surface area contributed by atoms with Crippen LogP contribution in [0.25, 0.3) is 16.6 Å². The van der Waals surface area contributed by atoms with Crippen LogP contribution in [-0.2, 0) is 0 Å². The molecule has 0 saturated carbocycles. The topological polar surface area (TPSA) is 44.6 Å². The SMILES string of the molecule is Fc1ccc(Cl)cc1C1=NCC=C1c1ccc2ncc(N3CC(N4CCCCC4)C3)cc2n1. The Bertz CT molecular complexity index is 1270. The number of halogens is 2. The lowest BCUT2D eigenvalue weighted by Crippen LogP contribution is -2.60. The summed E-state index contributed by atoms with van der Waals surface area (Å²) in [5, 5.41) is 0.484. The molecule has 0 atom stereocenters. The van der Waals surface area contributed by atoms with Gasteiger partial charge < -0.3 is 4.90 Å². The van der Waals surface area contributed by atoms with E-state index in [-0.39, 0.29) is 5.82 Å². The number of likely N-dealkylation sites (tertiary alicyclic amines) is 1. The van der Waals surface area contributed by atoms with Crippen molar-refractivity contribution in [2.45, 2.75) is 25.3 Å². The predicted octanol–water partition coefficient (Wildman–Crippen LogP) is 4.98. The van der Waals surface area contributed by atoms with Crippen LogP contribution in [0.15, 0.2) is 53.7 Å². The first-order valence-electron chi connectivity index (χ1n) is 11.6. The summed E-state index contributed by atoms with van der Waals surface area (Å²) in [6, 6.07) is 11.2. The Kier molecular flexibility index (Phi) is 5.35. The van der Waals surface area contributed by atoms with E-state index in [2.05, 4.69) is 25.8 Å². The van der Waals surface area contributed by atoms with Crippen molar-refractivity contribution in [1.82, 2.24) is 14.9 Å². The standard InChI is InChI=1S/C26H25ClFN5/c27-17-4-5-22(28)21(12-17)26-20(8-9-29-26)23-6-7-24-25(31-23)13-18(14-30-24)33-15-19(16-33)32-10-2-1-3-11-32/h4-8,12-14,19H,1-3,9-11,15-16H2. The molecule has 5 heterocycles. The van der Waals surface area contributed by atoms with Gasteiger partial charge in [0, 0.05) is 35.3 Å². The van der Waals surface area contributed by atoms with Gasteiger partial charge in [-0.3, -0.25) is 14.9 Å². The van der Waals surface area contributed by atoms with Crippen molar-refractivity contribution in [3.8, 4) is 0 Å². The molecule has 2 aromatic heterocycles. The third-order valence-corrected chi connectivity index (χ3v) is 7.15. The van der Waals surface area contributed by atoms with Crippen LogP contribution in [0.4, 0.5) is 10.1 Å². The van der Waals surface area contributed by atoms with Gasteiger partial charge in [0.1, 0.15) is 5.82 Å². The van der Waals surface area contributed by atoms with Crippen LogP contribution in [0.3, 0.4) is 0 Å². The maximum absolute atomic E-state index is 14.5. The number of rotatable bonds is 4. The van der Waals surface area contributed by atoms with Crippen molar-refractivity contribution in [2.24, 2.45) is 4.99 Å². The minimum atomic E-state index is -0.336. The largest absolute Gasteiger partial charge is 0.367 e. The van der Waals surface area contributed by atoms with Crippen LogP contribution >= 0.6 is 11.6 Å². The number of benzene rings is 1. The monoisotopic (exact) mass is 461 g/mol. The normalized spacial score (nSPS) is 19.5. The van der Waals surface area contributed by atoms with E-state index < -0.39 is 0 Å². The number of hydrogen-bond donors (Lipinski definition) is 0. The minimum absolute atomic E-state index is 0.336. The van der Waals surface area contributed by atoms with Crippen molar-refractivity contribution in [3.05, 3.63) is 70.8 Å². The van der Waals surface area contributed by atoms with Gasteiger partial charge in [0.05, 0.1) is 40.9 Å². The first kappa shape index (κ1) is 20.8.